The van der Waals surface area contributed by atoms with Gasteiger partial charge in [0.15, 0.2) is 0 Å². The Morgan fingerprint density at radius 3 is 1.25 bits per heavy atom. The molecule has 0 aliphatic heterocycles. The van der Waals surface area contributed by atoms with Gasteiger partial charge in [-0.05, 0) is 12.1 Å². The van der Waals surface area contributed by atoms with Crippen molar-refractivity contribution in [1.82, 2.24) is 0 Å². The van der Waals surface area contributed by atoms with Crippen molar-refractivity contribution in [2.24, 2.45) is 0 Å². The Morgan fingerprint density at radius 1 is 0.688 bits per heavy atom. The van der Waals surface area contributed by atoms with Crippen LogP contribution in [-0.2, 0) is 12.4 Å². The van der Waals surface area contributed by atoms with Gasteiger partial charge in [-0.2, -0.15) is 26.3 Å². The fourth-order valence-corrected chi connectivity index (χ4v) is 1.58. The minimum absolute atomic E-state index is 0.106. The Bertz CT molecular complexity index is 371. The van der Waals surface area contributed by atoms with Gasteiger partial charge in [-0.1, -0.05) is 23.2 Å². The molecule has 1 aromatic rings. The van der Waals surface area contributed by atoms with Crippen molar-refractivity contribution in [3.8, 4) is 0 Å². The molecule has 0 heterocycles. The lowest BCUT2D eigenvalue weighted by atomic mass is 10.1. The van der Waals surface area contributed by atoms with E-state index in [4.69, 9.17) is 23.2 Å². The van der Waals surface area contributed by atoms with E-state index >= 15 is 0 Å². The maximum absolute atomic E-state index is 12.3. The summed E-state index contributed by atoms with van der Waals surface area (Å²) in [6, 6.07) is 0.319. The number of hydrogen-bond acceptors (Lipinski definition) is 0. The van der Waals surface area contributed by atoms with Gasteiger partial charge in [0.05, 0.1) is 21.2 Å². The highest BCUT2D eigenvalue weighted by molar-refractivity contribution is 6.35. The topological polar surface area (TPSA) is 0 Å². The monoisotopic (exact) mass is 282 g/mol. The van der Waals surface area contributed by atoms with Gasteiger partial charge in [-0.3, -0.25) is 0 Å². The summed E-state index contributed by atoms with van der Waals surface area (Å²) in [4.78, 5) is 0. The first kappa shape index (κ1) is 13.4. The largest absolute Gasteiger partial charge is 0.417 e. The Balaban J connectivity index is 3.45. The second kappa shape index (κ2) is 4.00. The molecule has 0 aromatic heterocycles. The quantitative estimate of drug-likeness (QED) is 0.586. The minimum atomic E-state index is -4.96. The Kier molecular flexibility index (Phi) is 3.36. The molecule has 1 aromatic carbocycles. The van der Waals surface area contributed by atoms with Gasteiger partial charge in [-0.25, -0.2) is 0 Å². The summed E-state index contributed by atoms with van der Waals surface area (Å²) in [7, 11) is 0. The van der Waals surface area contributed by atoms with Crippen LogP contribution in [0.2, 0.25) is 10.0 Å². The van der Waals surface area contributed by atoms with E-state index in [-0.39, 0.29) is 6.07 Å². The third-order valence-electron chi connectivity index (χ3n) is 1.67. The number of rotatable bonds is 0. The van der Waals surface area contributed by atoms with Crippen LogP contribution in [0.4, 0.5) is 26.3 Å². The summed E-state index contributed by atoms with van der Waals surface area (Å²) in [5.41, 5.74) is -3.13. The Hall–Kier alpha value is -0.620. The summed E-state index contributed by atoms with van der Waals surface area (Å²) in [5, 5.41) is -1.74. The number of hydrogen-bond donors (Lipinski definition) is 0. The normalized spacial score (nSPS) is 13.0. The lowest BCUT2D eigenvalue weighted by molar-refractivity contribution is -0.142. The van der Waals surface area contributed by atoms with E-state index in [1.165, 1.54) is 0 Å². The van der Waals surface area contributed by atoms with Gasteiger partial charge in [-0.15, -0.1) is 0 Å². The lowest BCUT2D eigenvalue weighted by Gasteiger charge is -2.14. The summed E-state index contributed by atoms with van der Waals surface area (Å²) in [6.45, 7) is 0. The van der Waals surface area contributed by atoms with E-state index in [2.05, 4.69) is 0 Å². The van der Waals surface area contributed by atoms with Crippen molar-refractivity contribution >= 4 is 23.2 Å². The van der Waals surface area contributed by atoms with Crippen LogP contribution in [0.15, 0.2) is 12.1 Å². The highest BCUT2D eigenvalue weighted by Gasteiger charge is 2.39. The summed E-state index contributed by atoms with van der Waals surface area (Å²) in [6.07, 6.45) is -9.91. The van der Waals surface area contributed by atoms with Gasteiger partial charge >= 0.3 is 12.4 Å². The van der Waals surface area contributed by atoms with Gasteiger partial charge in [0.1, 0.15) is 0 Å². The van der Waals surface area contributed by atoms with Crippen LogP contribution in [-0.4, -0.2) is 0 Å². The third-order valence-corrected chi connectivity index (χ3v) is 2.29. The molecule has 0 unspecified atom stereocenters. The Labute approximate surface area is 95.8 Å². The zero-order valence-corrected chi connectivity index (χ0v) is 8.69. The van der Waals surface area contributed by atoms with E-state index in [0.29, 0.717) is 6.07 Å². The first-order chi connectivity index (χ1) is 7.03. The van der Waals surface area contributed by atoms with Crippen LogP contribution in [0.25, 0.3) is 0 Å². The van der Waals surface area contributed by atoms with Crippen molar-refractivity contribution < 1.29 is 26.3 Å². The van der Waals surface area contributed by atoms with Crippen LogP contribution >= 0.6 is 23.2 Å². The Morgan fingerprint density at radius 2 is 1.00 bits per heavy atom. The molecule has 16 heavy (non-hydrogen) atoms. The van der Waals surface area contributed by atoms with Crippen molar-refractivity contribution in [2.45, 2.75) is 12.4 Å². The highest BCUT2D eigenvalue weighted by Crippen LogP contribution is 2.42. The van der Waals surface area contributed by atoms with Gasteiger partial charge in [0.25, 0.3) is 0 Å². The molecule has 0 aliphatic rings. The standard InChI is InChI=1S/C8H2Cl2F6/c9-5-2-6(10)4(8(14,15)16)1-3(5)7(11,12)13/h1-2H. The second-order valence-electron chi connectivity index (χ2n) is 2.81. The molecule has 90 valence electrons. The predicted octanol–water partition coefficient (Wildman–Crippen LogP) is 5.03. The molecule has 0 bridgehead atoms. The molecule has 0 amide bonds. The van der Waals surface area contributed by atoms with Crippen molar-refractivity contribution in [3.63, 3.8) is 0 Å². The van der Waals surface area contributed by atoms with E-state index in [1.54, 1.807) is 0 Å². The molecule has 0 nitrogen and oxygen atoms in total. The average molecular weight is 283 g/mol. The molecule has 8 heteroatoms. The molecule has 1 rings (SSSR count). The predicted molar refractivity (Wildman–Crippen MR) is 46.5 cm³/mol. The molecule has 0 saturated heterocycles. The minimum Gasteiger partial charge on any atom is -0.166 e. The van der Waals surface area contributed by atoms with Crippen LogP contribution < -0.4 is 0 Å². The molecule has 0 N–H and O–H groups in total. The first-order valence-corrected chi connectivity index (χ1v) is 4.42. The second-order valence-corrected chi connectivity index (χ2v) is 3.62. The highest BCUT2D eigenvalue weighted by atomic mass is 35.5. The maximum Gasteiger partial charge on any atom is 0.417 e. The zero-order chi connectivity index (χ0) is 12.7. The molecule has 0 atom stereocenters. The fourth-order valence-electron chi connectivity index (χ4n) is 0.983. The van der Waals surface area contributed by atoms with Crippen molar-refractivity contribution in [2.75, 3.05) is 0 Å². The van der Waals surface area contributed by atoms with Crippen molar-refractivity contribution in [3.05, 3.63) is 33.3 Å². The SMILES string of the molecule is FC(F)(F)c1cc(C(F)(F)F)c(Cl)cc1Cl. The first-order valence-electron chi connectivity index (χ1n) is 3.67. The smallest absolute Gasteiger partial charge is 0.166 e. The van der Waals surface area contributed by atoms with E-state index in [0.717, 1.165) is 0 Å². The maximum atomic E-state index is 12.3. The van der Waals surface area contributed by atoms with E-state index < -0.39 is 33.5 Å². The number of alkyl halides is 6. The molecule has 0 spiro atoms. The lowest BCUT2D eigenvalue weighted by Crippen LogP contribution is -2.11. The average Bonchev–Trinajstić information content (AvgIpc) is 1.97. The molecule has 0 radical (unpaired) electrons. The molecular formula is C8H2Cl2F6. The summed E-state index contributed by atoms with van der Waals surface area (Å²) in [5.74, 6) is 0. The summed E-state index contributed by atoms with van der Waals surface area (Å²) < 4.78 is 73.5. The molecular weight excluding hydrogens is 281 g/mol. The number of benzene rings is 1. The summed E-state index contributed by atoms with van der Waals surface area (Å²) >= 11 is 10.3. The third kappa shape index (κ3) is 2.74. The van der Waals surface area contributed by atoms with Gasteiger partial charge < -0.3 is 0 Å². The fraction of sp³-hybridized carbons (Fsp3) is 0.250. The molecule has 0 aliphatic carbocycles. The number of halogens is 8. The molecule has 0 fully saturated rings. The van der Waals surface area contributed by atoms with E-state index in [9.17, 15) is 26.3 Å². The van der Waals surface area contributed by atoms with Crippen molar-refractivity contribution in [1.29, 1.82) is 0 Å². The van der Waals surface area contributed by atoms with Crippen LogP contribution in [0.3, 0.4) is 0 Å². The molecule has 0 saturated carbocycles. The van der Waals surface area contributed by atoms with E-state index in [1.807, 2.05) is 0 Å². The van der Waals surface area contributed by atoms with Gasteiger partial charge in [0.2, 0.25) is 0 Å². The van der Waals surface area contributed by atoms with Crippen LogP contribution in [0.5, 0.6) is 0 Å². The van der Waals surface area contributed by atoms with Crippen LogP contribution in [0.1, 0.15) is 11.1 Å². The van der Waals surface area contributed by atoms with Crippen LogP contribution in [0, 0.1) is 0 Å². The van der Waals surface area contributed by atoms with Gasteiger partial charge in [0, 0.05) is 0 Å². The zero-order valence-electron chi connectivity index (χ0n) is 7.18.